The Hall–Kier alpha value is -3.01. The van der Waals surface area contributed by atoms with Crippen LogP contribution >= 0.6 is 27.5 Å². The van der Waals surface area contributed by atoms with E-state index < -0.39 is 15.8 Å². The number of aromatic carboxylic acids is 1. The molecule has 1 aromatic heterocycles. The molecule has 1 N–H and O–H groups in total. The maximum Gasteiger partial charge on any atom is 0.335 e. The second kappa shape index (κ2) is 8.26. The molecule has 0 saturated carbocycles. The summed E-state index contributed by atoms with van der Waals surface area (Å²) in [6, 6.07) is 18.7. The largest absolute Gasteiger partial charge is 0.478 e. The minimum absolute atomic E-state index is 0.0311. The van der Waals surface area contributed by atoms with Crippen molar-refractivity contribution in [2.24, 2.45) is 0 Å². The molecule has 1 heterocycles. The highest BCUT2D eigenvalue weighted by atomic mass is 79.9. The lowest BCUT2D eigenvalue weighted by molar-refractivity contribution is 0.0697. The predicted molar refractivity (Wildman–Crippen MR) is 118 cm³/mol. The molecule has 0 aliphatic rings. The molecule has 0 unspecified atom stereocenters. The van der Waals surface area contributed by atoms with Gasteiger partial charge in [-0.2, -0.15) is 0 Å². The molecular weight excluding hydrogens is 506 g/mol. The van der Waals surface area contributed by atoms with Crippen molar-refractivity contribution < 1.29 is 18.3 Å². The molecule has 0 aliphatic carbocycles. The van der Waals surface area contributed by atoms with Crippen molar-refractivity contribution in [3.63, 3.8) is 0 Å². The monoisotopic (exact) mass is 517 g/mol. The van der Waals surface area contributed by atoms with Crippen molar-refractivity contribution in [3.05, 3.63) is 87.9 Å². The molecule has 4 rings (SSSR count). The average Bonchev–Trinajstić information content (AvgIpc) is 3.21. The molecule has 0 radical (unpaired) electrons. The van der Waals surface area contributed by atoms with Gasteiger partial charge in [0.05, 0.1) is 16.1 Å². The van der Waals surface area contributed by atoms with E-state index in [1.807, 2.05) is 0 Å². The van der Waals surface area contributed by atoms with Gasteiger partial charge in [-0.1, -0.05) is 44.9 Å². The topological polar surface area (TPSA) is 102 Å². The number of hydrogen-bond acceptors (Lipinski definition) is 5. The molecule has 0 aliphatic heterocycles. The molecule has 7 nitrogen and oxygen atoms in total. The average molecular weight is 519 g/mol. The lowest BCUT2D eigenvalue weighted by Crippen LogP contribution is -2.06. The molecule has 0 spiro atoms. The number of benzene rings is 3. The summed E-state index contributed by atoms with van der Waals surface area (Å²) >= 11 is 9.27. The Morgan fingerprint density at radius 1 is 0.935 bits per heavy atom. The van der Waals surface area contributed by atoms with Crippen LogP contribution in [0.25, 0.3) is 16.9 Å². The summed E-state index contributed by atoms with van der Waals surface area (Å²) < 4.78 is 28.9. The predicted octanol–water partition coefficient (Wildman–Crippen LogP) is 4.88. The smallest absolute Gasteiger partial charge is 0.335 e. The number of carboxylic acids is 1. The van der Waals surface area contributed by atoms with Crippen LogP contribution in [0.1, 0.15) is 10.4 Å². The highest BCUT2D eigenvalue weighted by Crippen LogP contribution is 2.32. The van der Waals surface area contributed by atoms with Gasteiger partial charge in [0.25, 0.3) is 0 Å². The Labute approximate surface area is 191 Å². The van der Waals surface area contributed by atoms with Gasteiger partial charge in [0.15, 0.2) is 0 Å². The highest BCUT2D eigenvalue weighted by Gasteiger charge is 2.29. The van der Waals surface area contributed by atoms with Crippen LogP contribution in [0.15, 0.2) is 87.2 Å². The Bertz CT molecular complexity index is 1370. The van der Waals surface area contributed by atoms with Gasteiger partial charge < -0.3 is 5.11 Å². The van der Waals surface area contributed by atoms with E-state index >= 15 is 0 Å². The minimum atomic E-state index is -4.01. The number of halogens is 2. The normalized spacial score (nSPS) is 11.4. The summed E-state index contributed by atoms with van der Waals surface area (Å²) in [4.78, 5) is 11.2. The maximum absolute atomic E-state index is 13.3. The first-order chi connectivity index (χ1) is 14.8. The van der Waals surface area contributed by atoms with Crippen LogP contribution in [0, 0.1) is 0 Å². The van der Waals surface area contributed by atoms with Gasteiger partial charge in [-0.15, -0.1) is 5.10 Å². The third kappa shape index (κ3) is 4.12. The van der Waals surface area contributed by atoms with Crippen LogP contribution in [0.5, 0.6) is 0 Å². The Morgan fingerprint density at radius 3 is 2.13 bits per heavy atom. The zero-order chi connectivity index (χ0) is 22.2. The third-order valence-corrected chi connectivity index (χ3v) is 6.95. The fourth-order valence-corrected chi connectivity index (χ4v) is 4.66. The van der Waals surface area contributed by atoms with Gasteiger partial charge >= 0.3 is 5.97 Å². The molecule has 0 saturated heterocycles. The number of sulfone groups is 1. The molecule has 0 amide bonds. The Morgan fingerprint density at radius 2 is 1.55 bits per heavy atom. The van der Waals surface area contributed by atoms with E-state index in [0.717, 1.165) is 4.47 Å². The summed E-state index contributed by atoms with van der Waals surface area (Å²) in [5, 5.41) is 17.4. The summed E-state index contributed by atoms with van der Waals surface area (Å²) in [5.74, 6) is -1.07. The molecule has 0 atom stereocenters. The molecule has 31 heavy (non-hydrogen) atoms. The zero-order valence-electron chi connectivity index (χ0n) is 15.6. The summed E-state index contributed by atoms with van der Waals surface area (Å²) in [7, 11) is -4.01. The zero-order valence-corrected chi connectivity index (χ0v) is 18.8. The SMILES string of the molecule is O=C(O)c1ccc(-n2nnc(S(=O)(=O)c3ccc(Cl)cc3)c2-c2ccc(Br)cc2)cc1. The van der Waals surface area contributed by atoms with Crippen molar-refractivity contribution in [2.75, 3.05) is 0 Å². The van der Waals surface area contributed by atoms with Crippen molar-refractivity contribution in [1.29, 1.82) is 0 Å². The van der Waals surface area contributed by atoms with E-state index in [9.17, 15) is 13.2 Å². The maximum atomic E-state index is 13.3. The van der Waals surface area contributed by atoms with Gasteiger partial charge in [-0.25, -0.2) is 17.9 Å². The van der Waals surface area contributed by atoms with Crippen LogP contribution < -0.4 is 0 Å². The molecule has 4 aromatic rings. The number of hydrogen-bond donors (Lipinski definition) is 1. The lowest BCUT2D eigenvalue weighted by atomic mass is 10.1. The highest BCUT2D eigenvalue weighted by molar-refractivity contribution is 9.10. The molecule has 10 heteroatoms. The van der Waals surface area contributed by atoms with Gasteiger partial charge in [0, 0.05) is 15.1 Å². The van der Waals surface area contributed by atoms with E-state index in [-0.39, 0.29) is 21.2 Å². The molecular formula is C21H13BrClN3O4S. The minimum Gasteiger partial charge on any atom is -0.478 e. The van der Waals surface area contributed by atoms with Crippen molar-refractivity contribution in [2.45, 2.75) is 9.92 Å². The van der Waals surface area contributed by atoms with Crippen LogP contribution in [-0.2, 0) is 9.84 Å². The second-order valence-electron chi connectivity index (χ2n) is 6.47. The van der Waals surface area contributed by atoms with Crippen LogP contribution in [0.4, 0.5) is 0 Å². The summed E-state index contributed by atoms with van der Waals surface area (Å²) in [6.07, 6.45) is 0. The van der Waals surface area contributed by atoms with Gasteiger partial charge in [-0.05, 0) is 60.7 Å². The summed E-state index contributed by atoms with van der Waals surface area (Å²) in [6.45, 7) is 0. The second-order valence-corrected chi connectivity index (χ2v) is 9.69. The van der Waals surface area contributed by atoms with Gasteiger partial charge in [0.1, 0.15) is 5.69 Å². The standard InChI is InChI=1S/C21H13BrClN3O4S/c22-15-5-1-13(2-6-15)19-20(31(29,30)18-11-7-16(23)8-12-18)24-25-26(19)17-9-3-14(4-10-17)21(27)28/h1-12H,(H,27,28). The van der Waals surface area contributed by atoms with E-state index in [2.05, 4.69) is 26.2 Å². The van der Waals surface area contributed by atoms with E-state index in [1.165, 1.54) is 41.1 Å². The molecule has 0 bridgehead atoms. The van der Waals surface area contributed by atoms with Crippen molar-refractivity contribution >= 4 is 43.3 Å². The fourth-order valence-electron chi connectivity index (χ4n) is 2.95. The molecule has 3 aromatic carbocycles. The number of carbonyl (C=O) groups is 1. The number of carboxylic acid groups (broad SMARTS) is 1. The number of rotatable bonds is 5. The van der Waals surface area contributed by atoms with Gasteiger partial charge in [0.2, 0.25) is 14.9 Å². The summed E-state index contributed by atoms with van der Waals surface area (Å²) in [5.41, 5.74) is 1.39. The Kier molecular flexibility index (Phi) is 5.65. The quantitative estimate of drug-likeness (QED) is 0.404. The lowest BCUT2D eigenvalue weighted by Gasteiger charge is -2.10. The van der Waals surface area contributed by atoms with Gasteiger partial charge in [-0.3, -0.25) is 0 Å². The van der Waals surface area contributed by atoms with Crippen LogP contribution in [0.2, 0.25) is 5.02 Å². The Balaban J connectivity index is 1.93. The third-order valence-electron chi connectivity index (χ3n) is 4.49. The number of nitrogens with zero attached hydrogens (tertiary/aromatic N) is 3. The van der Waals surface area contributed by atoms with E-state index in [1.54, 1.807) is 36.4 Å². The van der Waals surface area contributed by atoms with E-state index in [4.69, 9.17) is 16.7 Å². The fraction of sp³-hybridized carbons (Fsp3) is 0. The molecule has 0 fully saturated rings. The first-order valence-corrected chi connectivity index (χ1v) is 11.5. The van der Waals surface area contributed by atoms with Crippen LogP contribution in [0.3, 0.4) is 0 Å². The van der Waals surface area contributed by atoms with Crippen LogP contribution in [-0.4, -0.2) is 34.5 Å². The molecule has 156 valence electrons. The van der Waals surface area contributed by atoms with Crippen molar-refractivity contribution in [3.8, 4) is 16.9 Å². The van der Waals surface area contributed by atoms with Crippen molar-refractivity contribution in [1.82, 2.24) is 15.0 Å². The number of aromatic nitrogens is 3. The van der Waals surface area contributed by atoms with E-state index in [0.29, 0.717) is 16.3 Å². The first-order valence-electron chi connectivity index (χ1n) is 8.83. The first kappa shape index (κ1) is 21.2.